The predicted octanol–water partition coefficient (Wildman–Crippen LogP) is 1.89. The topological polar surface area (TPSA) is 69.3 Å². The Morgan fingerprint density at radius 3 is 2.36 bits per heavy atom. The SMILES string of the molecule is O=C(c1nc2ccccc2c(=O)[nH]1)N1CCN(c2ccccc2)CC1. The Kier molecular flexibility index (Phi) is 3.93. The van der Waals surface area contributed by atoms with E-state index in [1.165, 1.54) is 0 Å². The fourth-order valence-electron chi connectivity index (χ4n) is 3.14. The first-order valence-electron chi connectivity index (χ1n) is 8.31. The molecule has 2 heterocycles. The van der Waals surface area contributed by atoms with E-state index in [0.29, 0.717) is 24.0 Å². The molecule has 6 nitrogen and oxygen atoms in total. The normalized spacial score (nSPS) is 14.7. The van der Waals surface area contributed by atoms with Gasteiger partial charge in [0.2, 0.25) is 0 Å². The van der Waals surface area contributed by atoms with Crippen LogP contribution in [0.2, 0.25) is 0 Å². The van der Waals surface area contributed by atoms with Gasteiger partial charge < -0.3 is 14.8 Å². The summed E-state index contributed by atoms with van der Waals surface area (Å²) in [6.45, 7) is 2.72. The van der Waals surface area contributed by atoms with Gasteiger partial charge in [0.05, 0.1) is 10.9 Å². The molecule has 3 aromatic rings. The van der Waals surface area contributed by atoms with Crippen molar-refractivity contribution in [3.63, 3.8) is 0 Å². The third-order valence-electron chi connectivity index (χ3n) is 4.50. The molecule has 0 aliphatic carbocycles. The fraction of sp³-hybridized carbons (Fsp3) is 0.211. The Morgan fingerprint density at radius 1 is 0.920 bits per heavy atom. The molecule has 25 heavy (non-hydrogen) atoms. The van der Waals surface area contributed by atoms with Crippen LogP contribution in [0.5, 0.6) is 0 Å². The van der Waals surface area contributed by atoms with E-state index in [1.54, 1.807) is 23.1 Å². The van der Waals surface area contributed by atoms with E-state index in [1.807, 2.05) is 24.3 Å². The highest BCUT2D eigenvalue weighted by Gasteiger charge is 2.24. The molecule has 4 rings (SSSR count). The molecule has 1 fully saturated rings. The number of amides is 1. The first kappa shape index (κ1) is 15.4. The molecule has 0 unspecified atom stereocenters. The Bertz CT molecular complexity index is 960. The molecule has 1 amide bonds. The van der Waals surface area contributed by atoms with E-state index >= 15 is 0 Å². The summed E-state index contributed by atoms with van der Waals surface area (Å²) in [7, 11) is 0. The fourth-order valence-corrected chi connectivity index (χ4v) is 3.14. The smallest absolute Gasteiger partial charge is 0.289 e. The van der Waals surface area contributed by atoms with E-state index in [9.17, 15) is 9.59 Å². The number of carbonyl (C=O) groups excluding carboxylic acids is 1. The second kappa shape index (κ2) is 6.39. The minimum Gasteiger partial charge on any atom is -0.368 e. The van der Waals surface area contributed by atoms with Crippen molar-refractivity contribution in [2.75, 3.05) is 31.1 Å². The Morgan fingerprint density at radius 2 is 1.60 bits per heavy atom. The van der Waals surface area contributed by atoms with Gasteiger partial charge in [0.1, 0.15) is 0 Å². The minimum atomic E-state index is -0.281. The van der Waals surface area contributed by atoms with E-state index in [-0.39, 0.29) is 17.3 Å². The maximum absolute atomic E-state index is 12.7. The molecule has 0 atom stereocenters. The maximum atomic E-state index is 12.7. The average Bonchev–Trinajstić information content (AvgIpc) is 2.68. The number of aromatic amines is 1. The van der Waals surface area contributed by atoms with Crippen molar-refractivity contribution in [1.29, 1.82) is 0 Å². The Labute approximate surface area is 144 Å². The number of H-pyrrole nitrogens is 1. The van der Waals surface area contributed by atoms with Gasteiger partial charge in [0.15, 0.2) is 5.82 Å². The number of nitrogens with zero attached hydrogens (tertiary/aromatic N) is 3. The molecule has 1 saturated heterocycles. The third kappa shape index (κ3) is 2.98. The molecule has 0 bridgehead atoms. The van der Waals surface area contributed by atoms with Crippen LogP contribution in [0.25, 0.3) is 10.9 Å². The summed E-state index contributed by atoms with van der Waals surface area (Å²) in [5.74, 6) is -0.118. The molecular weight excluding hydrogens is 316 g/mol. The molecule has 1 N–H and O–H groups in total. The molecule has 1 aromatic heterocycles. The van der Waals surface area contributed by atoms with Gasteiger partial charge in [0.25, 0.3) is 11.5 Å². The second-order valence-electron chi connectivity index (χ2n) is 6.05. The van der Waals surface area contributed by atoms with E-state index < -0.39 is 0 Å². The highest BCUT2D eigenvalue weighted by Crippen LogP contribution is 2.16. The highest BCUT2D eigenvalue weighted by atomic mass is 16.2. The van der Waals surface area contributed by atoms with Gasteiger partial charge in [-0.3, -0.25) is 9.59 Å². The minimum absolute atomic E-state index is 0.108. The van der Waals surface area contributed by atoms with Crippen LogP contribution >= 0.6 is 0 Å². The number of carbonyl (C=O) groups is 1. The summed E-state index contributed by atoms with van der Waals surface area (Å²) in [6, 6.07) is 17.2. The van der Waals surface area contributed by atoms with Crippen molar-refractivity contribution in [2.24, 2.45) is 0 Å². The predicted molar refractivity (Wildman–Crippen MR) is 96.9 cm³/mol. The number of anilines is 1. The summed E-state index contributed by atoms with van der Waals surface area (Å²) in [5, 5.41) is 0.493. The molecule has 126 valence electrons. The summed E-state index contributed by atoms with van der Waals surface area (Å²) in [4.78, 5) is 35.8. The van der Waals surface area contributed by atoms with Crippen LogP contribution < -0.4 is 10.5 Å². The average molecular weight is 334 g/mol. The van der Waals surface area contributed by atoms with Crippen LogP contribution in [-0.4, -0.2) is 47.0 Å². The molecule has 0 saturated carbocycles. The zero-order chi connectivity index (χ0) is 17.2. The lowest BCUT2D eigenvalue weighted by Crippen LogP contribution is -2.49. The molecule has 1 aliphatic heterocycles. The summed E-state index contributed by atoms with van der Waals surface area (Å²) in [6.07, 6.45) is 0. The van der Waals surface area contributed by atoms with Gasteiger partial charge in [-0.2, -0.15) is 0 Å². The highest BCUT2D eigenvalue weighted by molar-refractivity contribution is 5.92. The number of piperazine rings is 1. The van der Waals surface area contributed by atoms with Crippen molar-refractivity contribution in [1.82, 2.24) is 14.9 Å². The number of nitrogens with one attached hydrogen (secondary N) is 1. The van der Waals surface area contributed by atoms with Crippen molar-refractivity contribution < 1.29 is 4.79 Å². The zero-order valence-electron chi connectivity index (χ0n) is 13.7. The molecular formula is C19H18N4O2. The lowest BCUT2D eigenvalue weighted by Gasteiger charge is -2.35. The quantitative estimate of drug-likeness (QED) is 0.777. The number of benzene rings is 2. The standard InChI is InChI=1S/C19H18N4O2/c24-18-15-8-4-5-9-16(15)20-17(21-18)19(25)23-12-10-22(11-13-23)14-6-2-1-3-7-14/h1-9H,10-13H2,(H,20,21,24). The van der Waals surface area contributed by atoms with Gasteiger partial charge in [0, 0.05) is 31.9 Å². The van der Waals surface area contributed by atoms with Gasteiger partial charge >= 0.3 is 0 Å². The molecule has 0 spiro atoms. The van der Waals surface area contributed by atoms with E-state index in [4.69, 9.17) is 0 Å². The zero-order valence-corrected chi connectivity index (χ0v) is 13.7. The van der Waals surface area contributed by atoms with Gasteiger partial charge in [-0.25, -0.2) is 4.98 Å². The maximum Gasteiger partial charge on any atom is 0.289 e. The van der Waals surface area contributed by atoms with Crippen LogP contribution in [0.15, 0.2) is 59.4 Å². The van der Waals surface area contributed by atoms with Gasteiger partial charge in [-0.1, -0.05) is 30.3 Å². The lowest BCUT2D eigenvalue weighted by molar-refractivity contribution is 0.0734. The van der Waals surface area contributed by atoms with E-state index in [0.717, 1.165) is 18.8 Å². The number of hydrogen-bond donors (Lipinski definition) is 1. The number of fused-ring (bicyclic) bond motifs is 1. The molecule has 2 aromatic carbocycles. The molecule has 1 aliphatic rings. The Hall–Kier alpha value is -3.15. The summed E-state index contributed by atoms with van der Waals surface area (Å²) in [5.41, 5.74) is 1.42. The largest absolute Gasteiger partial charge is 0.368 e. The number of para-hydroxylation sites is 2. The van der Waals surface area contributed by atoms with Crippen molar-refractivity contribution >= 4 is 22.5 Å². The van der Waals surface area contributed by atoms with Gasteiger partial charge in [-0.05, 0) is 24.3 Å². The van der Waals surface area contributed by atoms with E-state index in [2.05, 4.69) is 27.0 Å². The summed E-state index contributed by atoms with van der Waals surface area (Å²) >= 11 is 0. The van der Waals surface area contributed by atoms with Crippen LogP contribution in [0, 0.1) is 0 Å². The number of rotatable bonds is 2. The molecule has 0 radical (unpaired) electrons. The van der Waals surface area contributed by atoms with Crippen LogP contribution in [0.3, 0.4) is 0 Å². The van der Waals surface area contributed by atoms with Gasteiger partial charge in [-0.15, -0.1) is 0 Å². The Balaban J connectivity index is 1.52. The molecule has 6 heteroatoms. The lowest BCUT2D eigenvalue weighted by atomic mass is 10.2. The monoisotopic (exact) mass is 334 g/mol. The third-order valence-corrected chi connectivity index (χ3v) is 4.50. The first-order valence-corrected chi connectivity index (χ1v) is 8.31. The first-order chi connectivity index (χ1) is 12.2. The number of hydrogen-bond acceptors (Lipinski definition) is 4. The van der Waals surface area contributed by atoms with Crippen LogP contribution in [0.1, 0.15) is 10.6 Å². The van der Waals surface area contributed by atoms with Crippen molar-refractivity contribution in [3.8, 4) is 0 Å². The number of aromatic nitrogens is 2. The van der Waals surface area contributed by atoms with Crippen molar-refractivity contribution in [2.45, 2.75) is 0 Å². The van der Waals surface area contributed by atoms with Crippen LogP contribution in [0.4, 0.5) is 5.69 Å². The van der Waals surface area contributed by atoms with Crippen LogP contribution in [-0.2, 0) is 0 Å². The summed E-state index contributed by atoms with van der Waals surface area (Å²) < 4.78 is 0. The second-order valence-corrected chi connectivity index (χ2v) is 6.05. The van der Waals surface area contributed by atoms with Crippen molar-refractivity contribution in [3.05, 3.63) is 70.8 Å².